The van der Waals surface area contributed by atoms with Crippen LogP contribution in [0.5, 0.6) is 5.88 Å². The van der Waals surface area contributed by atoms with Gasteiger partial charge in [-0.1, -0.05) is 24.6 Å². The first-order valence-corrected chi connectivity index (χ1v) is 7.16. The Bertz CT molecular complexity index is 643. The predicted molar refractivity (Wildman–Crippen MR) is 76.9 cm³/mol. The van der Waals surface area contributed by atoms with E-state index in [1.165, 1.54) is 11.8 Å². The van der Waals surface area contributed by atoms with Crippen molar-refractivity contribution in [2.45, 2.75) is 24.0 Å². The number of nitrogens with zero attached hydrogens (tertiary/aromatic N) is 1. The smallest absolute Gasteiger partial charge is 0.257 e. The van der Waals surface area contributed by atoms with E-state index in [0.29, 0.717) is 28.6 Å². The number of rotatable bonds is 4. The molecule has 0 aliphatic rings. The van der Waals surface area contributed by atoms with Crippen molar-refractivity contribution in [2.75, 3.05) is 0 Å². The Morgan fingerprint density at radius 3 is 2.89 bits per heavy atom. The van der Waals surface area contributed by atoms with Gasteiger partial charge in [-0.15, -0.1) is 11.8 Å². The van der Waals surface area contributed by atoms with E-state index in [2.05, 4.69) is 9.97 Å². The van der Waals surface area contributed by atoms with Gasteiger partial charge in [0.2, 0.25) is 5.88 Å². The summed E-state index contributed by atoms with van der Waals surface area (Å²) in [6.07, 6.45) is 0.454. The summed E-state index contributed by atoms with van der Waals surface area (Å²) in [5.74, 6) is 0.727. The van der Waals surface area contributed by atoms with Crippen LogP contribution in [0, 0.1) is 0 Å². The number of aromatic hydroxyl groups is 1. The normalized spacial score (nSPS) is 10.6. The molecule has 2 aromatic rings. The van der Waals surface area contributed by atoms with Crippen LogP contribution in [0.4, 0.5) is 0 Å². The molecule has 0 amide bonds. The molecule has 0 bridgehead atoms. The molecule has 100 valence electrons. The molecule has 6 heteroatoms. The first-order chi connectivity index (χ1) is 9.10. The van der Waals surface area contributed by atoms with Gasteiger partial charge >= 0.3 is 0 Å². The summed E-state index contributed by atoms with van der Waals surface area (Å²) in [6, 6.07) is 7.42. The molecular formula is C13H13ClN2O2S. The van der Waals surface area contributed by atoms with E-state index in [0.717, 1.165) is 4.90 Å². The number of H-pyrrole nitrogens is 1. The summed E-state index contributed by atoms with van der Waals surface area (Å²) in [7, 11) is 0. The fraction of sp³-hybridized carbons (Fsp3) is 0.231. The van der Waals surface area contributed by atoms with Crippen LogP contribution in [-0.4, -0.2) is 15.1 Å². The average Bonchev–Trinajstić information content (AvgIpc) is 2.36. The van der Waals surface area contributed by atoms with E-state index in [4.69, 9.17) is 11.6 Å². The summed E-state index contributed by atoms with van der Waals surface area (Å²) < 4.78 is 0. The molecule has 0 fully saturated rings. The second kappa shape index (κ2) is 6.12. The Kier molecular flexibility index (Phi) is 4.50. The van der Waals surface area contributed by atoms with Gasteiger partial charge in [0.15, 0.2) is 0 Å². The summed E-state index contributed by atoms with van der Waals surface area (Å²) in [5.41, 5.74) is 0.0354. The zero-order valence-electron chi connectivity index (χ0n) is 10.3. The Morgan fingerprint density at radius 1 is 1.47 bits per heavy atom. The van der Waals surface area contributed by atoms with Crippen LogP contribution in [0.25, 0.3) is 0 Å². The lowest BCUT2D eigenvalue weighted by Gasteiger charge is -2.04. The number of hydrogen-bond acceptors (Lipinski definition) is 4. The van der Waals surface area contributed by atoms with E-state index in [9.17, 15) is 9.90 Å². The molecule has 1 heterocycles. The Labute approximate surface area is 119 Å². The van der Waals surface area contributed by atoms with Gasteiger partial charge in [-0.3, -0.25) is 4.79 Å². The number of thioether (sulfide) groups is 1. The first-order valence-electron chi connectivity index (χ1n) is 5.79. The highest BCUT2D eigenvalue weighted by atomic mass is 35.5. The number of halogens is 1. The highest BCUT2D eigenvalue weighted by Gasteiger charge is 2.08. The second-order valence-corrected chi connectivity index (χ2v) is 5.40. The van der Waals surface area contributed by atoms with Gasteiger partial charge in [0.05, 0.1) is 11.3 Å². The van der Waals surface area contributed by atoms with E-state index < -0.39 is 0 Å². The van der Waals surface area contributed by atoms with Crippen molar-refractivity contribution in [3.8, 4) is 5.88 Å². The minimum Gasteiger partial charge on any atom is -0.493 e. The van der Waals surface area contributed by atoms with E-state index >= 15 is 0 Å². The van der Waals surface area contributed by atoms with Gasteiger partial charge in [-0.2, -0.15) is 4.98 Å². The quantitative estimate of drug-likeness (QED) is 0.851. The highest BCUT2D eigenvalue weighted by molar-refractivity contribution is 7.98. The van der Waals surface area contributed by atoms with Crippen LogP contribution in [0.15, 0.2) is 34.0 Å². The third kappa shape index (κ3) is 3.52. The molecule has 0 saturated heterocycles. The molecule has 0 spiro atoms. The molecule has 4 nitrogen and oxygen atoms in total. The van der Waals surface area contributed by atoms with Crippen LogP contribution < -0.4 is 5.56 Å². The van der Waals surface area contributed by atoms with E-state index in [1.807, 2.05) is 18.2 Å². The van der Waals surface area contributed by atoms with Crippen molar-refractivity contribution >= 4 is 23.4 Å². The van der Waals surface area contributed by atoms with Gasteiger partial charge in [0.1, 0.15) is 5.82 Å². The highest BCUT2D eigenvalue weighted by Crippen LogP contribution is 2.24. The van der Waals surface area contributed by atoms with Gasteiger partial charge in [-0.05, 0) is 24.6 Å². The fourth-order valence-corrected chi connectivity index (χ4v) is 2.71. The standard InChI is InChI=1S/C13H13ClN2O2S/c1-2-10-12(17)15-11(16-13(10)18)7-19-9-5-3-4-8(14)6-9/h3-6H,2,7H2,1H3,(H2,15,16,17,18). The number of aromatic nitrogens is 2. The zero-order chi connectivity index (χ0) is 13.8. The van der Waals surface area contributed by atoms with Gasteiger partial charge < -0.3 is 10.1 Å². The molecule has 0 atom stereocenters. The largest absolute Gasteiger partial charge is 0.493 e. The molecule has 0 radical (unpaired) electrons. The van der Waals surface area contributed by atoms with Crippen molar-refractivity contribution in [2.24, 2.45) is 0 Å². The Balaban J connectivity index is 2.14. The average molecular weight is 297 g/mol. The van der Waals surface area contributed by atoms with Gasteiger partial charge in [-0.25, -0.2) is 0 Å². The second-order valence-electron chi connectivity index (χ2n) is 3.91. The monoisotopic (exact) mass is 296 g/mol. The molecule has 1 aromatic heterocycles. The zero-order valence-corrected chi connectivity index (χ0v) is 11.9. The summed E-state index contributed by atoms with van der Waals surface area (Å²) in [5, 5.41) is 10.3. The number of nitrogens with one attached hydrogen (secondary N) is 1. The molecular weight excluding hydrogens is 284 g/mol. The van der Waals surface area contributed by atoms with Gasteiger partial charge in [0.25, 0.3) is 5.56 Å². The van der Waals surface area contributed by atoms with Crippen LogP contribution >= 0.6 is 23.4 Å². The van der Waals surface area contributed by atoms with E-state index in [1.54, 1.807) is 13.0 Å². The lowest BCUT2D eigenvalue weighted by molar-refractivity contribution is 0.441. The SMILES string of the molecule is CCc1c(O)nc(CSc2cccc(Cl)c2)[nH]c1=O. The Hall–Kier alpha value is -1.46. The number of benzene rings is 1. The molecule has 0 saturated carbocycles. The Morgan fingerprint density at radius 2 is 2.26 bits per heavy atom. The topological polar surface area (TPSA) is 66.0 Å². The lowest BCUT2D eigenvalue weighted by atomic mass is 10.2. The van der Waals surface area contributed by atoms with Crippen LogP contribution in [0.2, 0.25) is 5.02 Å². The summed E-state index contributed by atoms with van der Waals surface area (Å²) >= 11 is 7.38. The fourth-order valence-electron chi connectivity index (χ4n) is 1.63. The molecule has 0 aliphatic heterocycles. The molecule has 2 rings (SSSR count). The molecule has 0 unspecified atom stereocenters. The van der Waals surface area contributed by atoms with E-state index in [-0.39, 0.29) is 11.4 Å². The summed E-state index contributed by atoms with van der Waals surface area (Å²) in [4.78, 5) is 19.3. The molecule has 0 aliphatic carbocycles. The third-order valence-electron chi connectivity index (χ3n) is 2.57. The molecule has 2 N–H and O–H groups in total. The summed E-state index contributed by atoms with van der Waals surface area (Å²) in [6.45, 7) is 1.80. The number of hydrogen-bond donors (Lipinski definition) is 2. The number of aromatic amines is 1. The minimum atomic E-state index is -0.281. The third-order valence-corrected chi connectivity index (χ3v) is 3.81. The van der Waals surface area contributed by atoms with Crippen LogP contribution in [0.1, 0.15) is 18.3 Å². The molecule has 1 aromatic carbocycles. The minimum absolute atomic E-state index is 0.187. The van der Waals surface area contributed by atoms with Crippen molar-refractivity contribution in [3.63, 3.8) is 0 Å². The maximum absolute atomic E-state index is 11.7. The maximum atomic E-state index is 11.7. The predicted octanol–water partition coefficient (Wildman–Crippen LogP) is 2.98. The first kappa shape index (κ1) is 14.0. The van der Waals surface area contributed by atoms with Crippen molar-refractivity contribution in [3.05, 3.63) is 51.0 Å². The van der Waals surface area contributed by atoms with Crippen molar-refractivity contribution in [1.29, 1.82) is 0 Å². The van der Waals surface area contributed by atoms with Crippen LogP contribution in [-0.2, 0) is 12.2 Å². The molecule has 19 heavy (non-hydrogen) atoms. The van der Waals surface area contributed by atoms with Crippen molar-refractivity contribution in [1.82, 2.24) is 9.97 Å². The lowest BCUT2D eigenvalue weighted by Crippen LogP contribution is -2.15. The van der Waals surface area contributed by atoms with Crippen LogP contribution in [0.3, 0.4) is 0 Å². The van der Waals surface area contributed by atoms with Crippen molar-refractivity contribution < 1.29 is 5.11 Å². The maximum Gasteiger partial charge on any atom is 0.257 e. The van der Waals surface area contributed by atoms with Gasteiger partial charge in [0, 0.05) is 9.92 Å².